The molecule has 5 nitrogen and oxygen atoms in total. The maximum atomic E-state index is 13.4. The number of amides is 1. The topological polar surface area (TPSA) is 47.4 Å². The number of rotatable bonds is 7. The number of benzene rings is 3. The van der Waals surface area contributed by atoms with E-state index < -0.39 is 0 Å². The highest BCUT2D eigenvalue weighted by molar-refractivity contribution is 5.96. The summed E-state index contributed by atoms with van der Waals surface area (Å²) in [6.07, 6.45) is 1.21. The number of anilines is 1. The first-order chi connectivity index (χ1) is 16.5. The number of carbonyl (C=O) groups excluding carboxylic acids is 1. The average molecular weight is 458 g/mol. The Morgan fingerprint density at radius 2 is 1.85 bits per heavy atom. The zero-order chi connectivity index (χ0) is 23.7. The van der Waals surface area contributed by atoms with Crippen molar-refractivity contribution in [3.05, 3.63) is 89.5 Å². The monoisotopic (exact) mass is 457 g/mol. The van der Waals surface area contributed by atoms with Gasteiger partial charge in [-0.3, -0.25) is 4.79 Å². The molecule has 2 heterocycles. The number of halogens is 1. The largest absolute Gasteiger partial charge is 0.493 e. The number of aryl methyl sites for hydroxylation is 3. The Morgan fingerprint density at radius 3 is 2.65 bits per heavy atom. The van der Waals surface area contributed by atoms with Crippen LogP contribution in [0, 0.1) is 19.7 Å². The Balaban J connectivity index is 1.34. The number of ether oxygens (including phenoxy) is 1. The first-order valence-electron chi connectivity index (χ1n) is 11.7. The quantitative estimate of drug-likeness (QED) is 0.331. The first-order valence-corrected chi connectivity index (χ1v) is 11.7. The smallest absolute Gasteiger partial charge is 0.227 e. The number of para-hydroxylation sites is 2. The fourth-order valence-corrected chi connectivity index (χ4v) is 4.76. The fourth-order valence-electron chi connectivity index (χ4n) is 4.76. The van der Waals surface area contributed by atoms with E-state index in [1.165, 1.54) is 17.7 Å². The van der Waals surface area contributed by atoms with Crippen LogP contribution in [0.15, 0.2) is 66.7 Å². The molecule has 5 rings (SSSR count). The maximum absolute atomic E-state index is 13.4. The van der Waals surface area contributed by atoms with Crippen LogP contribution < -0.4 is 9.64 Å². The Bertz CT molecular complexity index is 1330. The van der Waals surface area contributed by atoms with Crippen molar-refractivity contribution in [1.29, 1.82) is 0 Å². The Labute approximate surface area is 198 Å². The number of aromatic nitrogens is 2. The minimum absolute atomic E-state index is 0.0229. The molecule has 0 spiro atoms. The van der Waals surface area contributed by atoms with E-state index in [1.54, 1.807) is 17.0 Å². The Hall–Kier alpha value is -3.67. The molecule has 1 fully saturated rings. The van der Waals surface area contributed by atoms with Crippen molar-refractivity contribution in [1.82, 2.24) is 9.55 Å². The average Bonchev–Trinajstić information content (AvgIpc) is 3.39. The van der Waals surface area contributed by atoms with E-state index in [0.29, 0.717) is 19.6 Å². The number of nitrogens with zero attached hydrogens (tertiary/aromatic N) is 3. The second-order valence-electron chi connectivity index (χ2n) is 8.96. The van der Waals surface area contributed by atoms with Crippen molar-refractivity contribution < 1.29 is 13.9 Å². The van der Waals surface area contributed by atoms with E-state index in [2.05, 4.69) is 36.6 Å². The second kappa shape index (κ2) is 9.29. The van der Waals surface area contributed by atoms with Gasteiger partial charge in [-0.2, -0.15) is 0 Å². The minimum atomic E-state index is -0.309. The number of carbonyl (C=O) groups is 1. The molecule has 1 aromatic heterocycles. The third-order valence-electron chi connectivity index (χ3n) is 6.43. The summed E-state index contributed by atoms with van der Waals surface area (Å²) in [7, 11) is 0. The molecule has 1 aliphatic heterocycles. The predicted molar refractivity (Wildman–Crippen MR) is 132 cm³/mol. The first kappa shape index (κ1) is 22.1. The van der Waals surface area contributed by atoms with Gasteiger partial charge in [0.1, 0.15) is 17.4 Å². The second-order valence-corrected chi connectivity index (χ2v) is 8.96. The normalized spacial score (nSPS) is 15.9. The van der Waals surface area contributed by atoms with Crippen molar-refractivity contribution >= 4 is 22.6 Å². The van der Waals surface area contributed by atoms with Crippen LogP contribution in [0.5, 0.6) is 5.75 Å². The van der Waals surface area contributed by atoms with Crippen LogP contribution in [0.25, 0.3) is 11.0 Å². The van der Waals surface area contributed by atoms with Gasteiger partial charge in [0.05, 0.1) is 17.6 Å². The molecule has 34 heavy (non-hydrogen) atoms. The van der Waals surface area contributed by atoms with Crippen LogP contribution in [0.1, 0.15) is 35.7 Å². The molecule has 0 saturated carbocycles. The van der Waals surface area contributed by atoms with Crippen LogP contribution in [0.3, 0.4) is 0 Å². The highest BCUT2D eigenvalue weighted by Crippen LogP contribution is 2.33. The van der Waals surface area contributed by atoms with Gasteiger partial charge in [0, 0.05) is 31.1 Å². The predicted octanol–water partition coefficient (Wildman–Crippen LogP) is 5.78. The lowest BCUT2D eigenvalue weighted by Gasteiger charge is -2.17. The summed E-state index contributed by atoms with van der Waals surface area (Å²) in [5, 5.41) is 0. The number of imidazole rings is 1. The molecular weight excluding hydrogens is 429 g/mol. The van der Waals surface area contributed by atoms with Crippen LogP contribution in [0.2, 0.25) is 0 Å². The van der Waals surface area contributed by atoms with Crippen molar-refractivity contribution in [3.8, 4) is 5.75 Å². The zero-order valence-electron chi connectivity index (χ0n) is 19.5. The molecule has 4 aromatic rings. The van der Waals surface area contributed by atoms with E-state index in [4.69, 9.17) is 9.72 Å². The molecule has 174 valence electrons. The van der Waals surface area contributed by atoms with Gasteiger partial charge < -0.3 is 14.2 Å². The third kappa shape index (κ3) is 4.40. The van der Waals surface area contributed by atoms with E-state index in [1.807, 2.05) is 24.3 Å². The summed E-state index contributed by atoms with van der Waals surface area (Å²) in [5.74, 6) is 1.54. The lowest BCUT2D eigenvalue weighted by molar-refractivity contribution is -0.117. The van der Waals surface area contributed by atoms with Crippen LogP contribution in [0.4, 0.5) is 10.1 Å². The van der Waals surface area contributed by atoms with Gasteiger partial charge in [0.2, 0.25) is 5.91 Å². The molecular formula is C28H28FN3O2. The molecule has 0 N–H and O–H groups in total. The van der Waals surface area contributed by atoms with Crippen molar-refractivity contribution in [3.63, 3.8) is 0 Å². The van der Waals surface area contributed by atoms with Gasteiger partial charge in [-0.25, -0.2) is 9.37 Å². The van der Waals surface area contributed by atoms with Gasteiger partial charge in [-0.15, -0.1) is 0 Å². The summed E-state index contributed by atoms with van der Waals surface area (Å²) in [4.78, 5) is 19.5. The summed E-state index contributed by atoms with van der Waals surface area (Å²) in [5.41, 5.74) is 5.08. The molecule has 1 saturated heterocycles. The molecule has 1 amide bonds. The lowest BCUT2D eigenvalue weighted by Crippen LogP contribution is -2.24. The standard InChI is InChI=1S/C28H28FN3O2/c1-19-8-13-26(20(2)16-19)34-15-5-14-31-25-7-4-3-6-24(25)30-28(31)21-17-27(33)32(18-21)23-11-9-22(29)10-12-23/h3-4,6-13,16,21H,5,14-15,17-18H2,1-2H3/t21-/m1/s1. The van der Waals surface area contributed by atoms with E-state index in [0.717, 1.165) is 46.8 Å². The van der Waals surface area contributed by atoms with Gasteiger partial charge >= 0.3 is 0 Å². The highest BCUT2D eigenvalue weighted by atomic mass is 19.1. The molecule has 1 aliphatic rings. The summed E-state index contributed by atoms with van der Waals surface area (Å²) >= 11 is 0. The molecule has 0 radical (unpaired) electrons. The lowest BCUT2D eigenvalue weighted by atomic mass is 10.1. The maximum Gasteiger partial charge on any atom is 0.227 e. The van der Waals surface area contributed by atoms with E-state index in [9.17, 15) is 9.18 Å². The van der Waals surface area contributed by atoms with E-state index in [-0.39, 0.29) is 17.6 Å². The zero-order valence-corrected chi connectivity index (χ0v) is 19.5. The molecule has 6 heteroatoms. The van der Waals surface area contributed by atoms with Crippen LogP contribution in [-0.2, 0) is 11.3 Å². The van der Waals surface area contributed by atoms with Gasteiger partial charge in [0.25, 0.3) is 0 Å². The van der Waals surface area contributed by atoms with Gasteiger partial charge in [-0.1, -0.05) is 29.8 Å². The summed E-state index contributed by atoms with van der Waals surface area (Å²) < 4.78 is 21.6. The SMILES string of the molecule is Cc1ccc(OCCCn2c([C@@H]3CC(=O)N(c4ccc(F)cc4)C3)nc3ccccc32)c(C)c1. The molecule has 1 atom stereocenters. The van der Waals surface area contributed by atoms with Crippen LogP contribution >= 0.6 is 0 Å². The number of hydrogen-bond donors (Lipinski definition) is 0. The number of hydrogen-bond acceptors (Lipinski definition) is 3. The molecule has 0 aliphatic carbocycles. The van der Waals surface area contributed by atoms with Crippen molar-refractivity contribution in [2.75, 3.05) is 18.1 Å². The van der Waals surface area contributed by atoms with Crippen molar-refractivity contribution in [2.24, 2.45) is 0 Å². The van der Waals surface area contributed by atoms with Crippen LogP contribution in [-0.4, -0.2) is 28.6 Å². The van der Waals surface area contributed by atoms with Gasteiger partial charge in [-0.05, 0) is 68.3 Å². The Morgan fingerprint density at radius 1 is 1.06 bits per heavy atom. The number of fused-ring (bicyclic) bond motifs is 1. The fraction of sp³-hybridized carbons (Fsp3) is 0.286. The molecule has 3 aromatic carbocycles. The summed E-state index contributed by atoms with van der Waals surface area (Å²) in [6, 6.07) is 20.4. The Kier molecular flexibility index (Phi) is 6.05. The minimum Gasteiger partial charge on any atom is -0.493 e. The van der Waals surface area contributed by atoms with E-state index >= 15 is 0 Å². The molecule has 0 unspecified atom stereocenters. The summed E-state index contributed by atoms with van der Waals surface area (Å²) in [6.45, 7) is 6.03. The van der Waals surface area contributed by atoms with Crippen molar-refractivity contribution in [2.45, 2.75) is 39.2 Å². The molecule has 0 bridgehead atoms. The third-order valence-corrected chi connectivity index (χ3v) is 6.43. The van der Waals surface area contributed by atoms with Gasteiger partial charge in [0.15, 0.2) is 0 Å². The highest BCUT2D eigenvalue weighted by Gasteiger charge is 2.34.